The van der Waals surface area contributed by atoms with Gasteiger partial charge in [0.1, 0.15) is 29.9 Å². The summed E-state index contributed by atoms with van der Waals surface area (Å²) in [5.41, 5.74) is -2.78. The highest BCUT2D eigenvalue weighted by Gasteiger charge is 2.41. The number of allylic oxidation sites excluding steroid dienone is 3. The van der Waals surface area contributed by atoms with Crippen LogP contribution in [0.4, 0.5) is 22.0 Å². The first-order chi connectivity index (χ1) is 19.0. The van der Waals surface area contributed by atoms with E-state index in [0.717, 1.165) is 12.1 Å². The third-order valence-corrected chi connectivity index (χ3v) is 7.93. The molecule has 0 aliphatic carbocycles. The zero-order valence-corrected chi connectivity index (χ0v) is 22.6. The summed E-state index contributed by atoms with van der Waals surface area (Å²) in [4.78, 5) is 3.85. The molecule has 0 bridgehead atoms. The van der Waals surface area contributed by atoms with E-state index in [1.54, 1.807) is 6.92 Å². The first-order valence-corrected chi connectivity index (χ1v) is 13.4. The second-order valence-electron chi connectivity index (χ2n) is 9.05. The van der Waals surface area contributed by atoms with Crippen LogP contribution in [-0.4, -0.2) is 56.1 Å². The number of aromatic nitrogens is 3. The fourth-order valence-corrected chi connectivity index (χ4v) is 5.60. The number of thioether (sulfide) groups is 1. The number of benzene rings is 2. The van der Waals surface area contributed by atoms with E-state index in [0.29, 0.717) is 11.1 Å². The predicted octanol–water partition coefficient (Wildman–Crippen LogP) is 6.16. The Morgan fingerprint density at radius 3 is 2.48 bits per heavy atom. The van der Waals surface area contributed by atoms with Gasteiger partial charge in [0.2, 0.25) is 0 Å². The van der Waals surface area contributed by atoms with Crippen molar-refractivity contribution in [3.63, 3.8) is 0 Å². The van der Waals surface area contributed by atoms with Crippen molar-refractivity contribution in [3.05, 3.63) is 101 Å². The van der Waals surface area contributed by atoms with Crippen LogP contribution in [0.2, 0.25) is 5.02 Å². The molecule has 1 aromatic heterocycles. The minimum absolute atomic E-state index is 0.0338. The summed E-state index contributed by atoms with van der Waals surface area (Å²) >= 11 is 7.05. The first kappa shape index (κ1) is 30.2. The Labute approximate surface area is 236 Å². The van der Waals surface area contributed by atoms with Gasteiger partial charge in [-0.1, -0.05) is 42.8 Å². The Kier molecular flexibility index (Phi) is 9.68. The van der Waals surface area contributed by atoms with Crippen molar-refractivity contribution in [1.82, 2.24) is 14.8 Å². The Bertz CT molecular complexity index is 1330. The molecule has 1 fully saturated rings. The van der Waals surface area contributed by atoms with Crippen LogP contribution in [0, 0.1) is 11.6 Å². The molecule has 4 rings (SSSR count). The van der Waals surface area contributed by atoms with Crippen molar-refractivity contribution in [2.45, 2.75) is 42.0 Å². The lowest BCUT2D eigenvalue weighted by Crippen LogP contribution is -2.43. The standard InChI is InChI=1S/C27H25ClF5N3O3S/c1-17(26(37,14-36-16-34-15-35-36)23-10-9-20(29)11-24(23)30)40-21-12-38-25(39-13-21)4-2-3-22(27(31,32)33)18-5-7-19(28)8-6-18/h2-11,15-17,21,25,37H,12-14H2,1H3/b4-2-,22-3+. The summed E-state index contributed by atoms with van der Waals surface area (Å²) in [6, 6.07) is 8.29. The van der Waals surface area contributed by atoms with Crippen molar-refractivity contribution in [2.75, 3.05) is 13.2 Å². The smallest absolute Gasteiger partial charge is 0.382 e. The highest BCUT2D eigenvalue weighted by molar-refractivity contribution is 8.00. The van der Waals surface area contributed by atoms with Crippen LogP contribution in [0.1, 0.15) is 18.1 Å². The van der Waals surface area contributed by atoms with Crippen molar-refractivity contribution < 1.29 is 36.5 Å². The number of hydrogen-bond donors (Lipinski definition) is 1. The van der Waals surface area contributed by atoms with Gasteiger partial charge in [-0.25, -0.2) is 18.4 Å². The van der Waals surface area contributed by atoms with Crippen LogP contribution in [0.15, 0.2) is 73.3 Å². The molecule has 2 aromatic carbocycles. The molecule has 13 heteroatoms. The second-order valence-corrected chi connectivity index (χ2v) is 11.1. The average Bonchev–Trinajstić information content (AvgIpc) is 3.40. The molecule has 1 N–H and O–H groups in total. The van der Waals surface area contributed by atoms with E-state index in [9.17, 15) is 27.1 Å². The molecule has 1 aliphatic heterocycles. The molecule has 40 heavy (non-hydrogen) atoms. The van der Waals surface area contributed by atoms with E-state index in [4.69, 9.17) is 21.1 Å². The largest absolute Gasteiger partial charge is 0.416 e. The van der Waals surface area contributed by atoms with Crippen LogP contribution >= 0.6 is 23.4 Å². The van der Waals surface area contributed by atoms with Gasteiger partial charge in [0, 0.05) is 21.9 Å². The van der Waals surface area contributed by atoms with E-state index in [1.807, 2.05) is 0 Å². The predicted molar refractivity (Wildman–Crippen MR) is 141 cm³/mol. The third kappa shape index (κ3) is 7.49. The Hall–Kier alpha value is -2.77. The van der Waals surface area contributed by atoms with Crippen molar-refractivity contribution in [3.8, 4) is 0 Å². The lowest BCUT2D eigenvalue weighted by molar-refractivity contribution is -0.146. The SMILES string of the molecule is CC(SC1COC(/C=C\C=C(/c2ccc(Cl)cc2)C(F)(F)F)OC1)C(O)(Cn1cncn1)c1ccc(F)cc1F. The van der Waals surface area contributed by atoms with E-state index in [-0.39, 0.29) is 36.1 Å². The zero-order chi connectivity index (χ0) is 28.9. The Morgan fingerprint density at radius 2 is 1.88 bits per heavy atom. The summed E-state index contributed by atoms with van der Waals surface area (Å²) in [5, 5.41) is 15.0. The molecule has 0 saturated carbocycles. The molecule has 2 heterocycles. The molecule has 0 radical (unpaired) electrons. The lowest BCUT2D eigenvalue weighted by atomic mass is 9.90. The normalized spacial score (nSPS) is 20.9. The highest BCUT2D eigenvalue weighted by atomic mass is 35.5. The molecule has 0 spiro atoms. The van der Waals surface area contributed by atoms with E-state index >= 15 is 0 Å². The van der Waals surface area contributed by atoms with Gasteiger partial charge < -0.3 is 14.6 Å². The number of alkyl halides is 3. The minimum atomic E-state index is -4.59. The summed E-state index contributed by atoms with van der Waals surface area (Å²) in [6.07, 6.45) is 0.689. The number of hydrogen-bond acceptors (Lipinski definition) is 6. The number of halogens is 6. The number of nitrogens with zero attached hydrogens (tertiary/aromatic N) is 3. The number of aliphatic hydroxyl groups is 1. The van der Waals surface area contributed by atoms with Crippen molar-refractivity contribution >= 4 is 28.9 Å². The zero-order valence-electron chi connectivity index (χ0n) is 21.1. The van der Waals surface area contributed by atoms with Crippen molar-refractivity contribution in [2.24, 2.45) is 0 Å². The van der Waals surface area contributed by atoms with Crippen LogP contribution in [0.25, 0.3) is 5.57 Å². The molecule has 2 unspecified atom stereocenters. The van der Waals surface area contributed by atoms with Crippen LogP contribution in [0.3, 0.4) is 0 Å². The third-order valence-electron chi connectivity index (χ3n) is 6.22. The first-order valence-electron chi connectivity index (χ1n) is 12.1. The summed E-state index contributed by atoms with van der Waals surface area (Å²) in [7, 11) is 0. The quantitative estimate of drug-likeness (QED) is 0.234. The van der Waals surface area contributed by atoms with Gasteiger partial charge >= 0.3 is 6.18 Å². The van der Waals surface area contributed by atoms with E-state index in [2.05, 4.69) is 10.1 Å². The van der Waals surface area contributed by atoms with Gasteiger partial charge in [0.05, 0.1) is 30.6 Å². The molecular formula is C27H25ClF5N3O3S. The van der Waals surface area contributed by atoms with Gasteiger partial charge in [0.25, 0.3) is 0 Å². The Balaban J connectivity index is 1.41. The summed E-state index contributed by atoms with van der Waals surface area (Å²) in [5.74, 6) is -1.68. The molecular weight excluding hydrogens is 577 g/mol. The maximum Gasteiger partial charge on any atom is 0.416 e. The topological polar surface area (TPSA) is 69.4 Å². The molecule has 214 valence electrons. The lowest BCUT2D eigenvalue weighted by Gasteiger charge is -2.37. The maximum absolute atomic E-state index is 14.7. The van der Waals surface area contributed by atoms with Crippen LogP contribution in [-0.2, 0) is 21.6 Å². The van der Waals surface area contributed by atoms with Gasteiger partial charge in [-0.3, -0.25) is 0 Å². The minimum Gasteiger partial charge on any atom is -0.382 e. The molecule has 2 atom stereocenters. The van der Waals surface area contributed by atoms with Gasteiger partial charge in [-0.2, -0.15) is 18.3 Å². The highest BCUT2D eigenvalue weighted by Crippen LogP contribution is 2.39. The van der Waals surface area contributed by atoms with E-state index in [1.165, 1.54) is 71.6 Å². The number of ether oxygens (including phenoxy) is 2. The maximum atomic E-state index is 14.7. The monoisotopic (exact) mass is 601 g/mol. The van der Waals surface area contributed by atoms with Crippen LogP contribution in [0.5, 0.6) is 0 Å². The molecule has 3 aromatic rings. The fourth-order valence-electron chi connectivity index (χ4n) is 4.15. The summed E-state index contributed by atoms with van der Waals surface area (Å²) < 4.78 is 81.6. The van der Waals surface area contributed by atoms with Crippen molar-refractivity contribution in [1.29, 1.82) is 0 Å². The van der Waals surface area contributed by atoms with Gasteiger partial charge in [-0.05, 0) is 35.9 Å². The van der Waals surface area contributed by atoms with Gasteiger partial charge in [0.15, 0.2) is 6.29 Å². The molecule has 1 aliphatic rings. The molecule has 1 saturated heterocycles. The molecule has 0 amide bonds. The van der Waals surface area contributed by atoms with E-state index < -0.39 is 40.5 Å². The molecule has 6 nitrogen and oxygen atoms in total. The average molecular weight is 602 g/mol. The fraction of sp³-hybridized carbons (Fsp3) is 0.333. The van der Waals surface area contributed by atoms with Crippen LogP contribution < -0.4 is 0 Å². The Morgan fingerprint density at radius 1 is 1.18 bits per heavy atom. The second kappa shape index (κ2) is 12.8. The summed E-state index contributed by atoms with van der Waals surface area (Å²) in [6.45, 7) is 1.85. The van der Waals surface area contributed by atoms with Gasteiger partial charge in [-0.15, -0.1) is 11.8 Å². The number of rotatable bonds is 9.